The summed E-state index contributed by atoms with van der Waals surface area (Å²) >= 11 is 0. The van der Waals surface area contributed by atoms with Crippen LogP contribution >= 0.6 is 0 Å². The molecule has 0 spiro atoms. The van der Waals surface area contributed by atoms with E-state index in [0.717, 1.165) is 0 Å². The standard InChI is InChI=1S/C11H11NO6/c1-2-10(13)17-7-11(14)18-9-5-3-8(4-6-9)12(15)16/h3-6H,2,7H2,1H3. The highest BCUT2D eigenvalue weighted by molar-refractivity contribution is 5.77. The maximum atomic E-state index is 11.2. The molecule has 0 bridgehead atoms. The van der Waals surface area contributed by atoms with Crippen molar-refractivity contribution in [3.8, 4) is 5.75 Å². The highest BCUT2D eigenvalue weighted by Crippen LogP contribution is 2.17. The van der Waals surface area contributed by atoms with Gasteiger partial charge in [0.1, 0.15) is 5.75 Å². The molecule has 0 amide bonds. The first-order chi connectivity index (χ1) is 8.52. The molecule has 0 radical (unpaired) electrons. The van der Waals surface area contributed by atoms with Crippen molar-refractivity contribution in [3.63, 3.8) is 0 Å². The van der Waals surface area contributed by atoms with Crippen molar-refractivity contribution in [3.05, 3.63) is 34.4 Å². The van der Waals surface area contributed by atoms with Gasteiger partial charge in [0.15, 0.2) is 6.61 Å². The Labute approximate surface area is 102 Å². The molecule has 1 aromatic rings. The van der Waals surface area contributed by atoms with E-state index in [-0.39, 0.29) is 17.9 Å². The fourth-order valence-corrected chi connectivity index (χ4v) is 1.04. The molecule has 0 aliphatic carbocycles. The molecule has 0 N–H and O–H groups in total. The molecule has 0 heterocycles. The van der Waals surface area contributed by atoms with Gasteiger partial charge in [-0.15, -0.1) is 0 Å². The molecule has 0 aliphatic rings. The molecule has 0 aromatic heterocycles. The summed E-state index contributed by atoms with van der Waals surface area (Å²) < 4.78 is 9.37. The highest BCUT2D eigenvalue weighted by atomic mass is 16.6. The normalized spacial score (nSPS) is 9.61. The van der Waals surface area contributed by atoms with Crippen molar-refractivity contribution in [2.75, 3.05) is 6.61 Å². The van der Waals surface area contributed by atoms with Gasteiger partial charge in [-0.2, -0.15) is 0 Å². The Bertz CT molecular complexity index is 453. The van der Waals surface area contributed by atoms with Crippen molar-refractivity contribution in [1.29, 1.82) is 0 Å². The van der Waals surface area contributed by atoms with Crippen LogP contribution in [0.5, 0.6) is 5.75 Å². The van der Waals surface area contributed by atoms with Crippen LogP contribution in [-0.2, 0) is 14.3 Å². The fraction of sp³-hybridized carbons (Fsp3) is 0.273. The lowest BCUT2D eigenvalue weighted by atomic mass is 10.3. The summed E-state index contributed by atoms with van der Waals surface area (Å²) in [5.74, 6) is -1.10. The van der Waals surface area contributed by atoms with Gasteiger partial charge in [0.2, 0.25) is 0 Å². The van der Waals surface area contributed by atoms with Gasteiger partial charge in [-0.3, -0.25) is 14.9 Å². The number of nitro benzene ring substituents is 1. The number of nitrogens with zero attached hydrogens (tertiary/aromatic N) is 1. The lowest BCUT2D eigenvalue weighted by Crippen LogP contribution is -2.18. The Morgan fingerprint density at radius 3 is 2.33 bits per heavy atom. The quantitative estimate of drug-likeness (QED) is 0.341. The topological polar surface area (TPSA) is 95.7 Å². The number of rotatable bonds is 5. The number of carbonyl (C=O) groups is 2. The van der Waals surface area contributed by atoms with Gasteiger partial charge in [-0.05, 0) is 12.1 Å². The van der Waals surface area contributed by atoms with Crippen LogP contribution in [0.25, 0.3) is 0 Å². The molecule has 0 atom stereocenters. The first kappa shape index (κ1) is 13.6. The van der Waals surface area contributed by atoms with E-state index in [9.17, 15) is 19.7 Å². The van der Waals surface area contributed by atoms with Gasteiger partial charge in [-0.1, -0.05) is 6.92 Å². The minimum absolute atomic E-state index is 0.104. The van der Waals surface area contributed by atoms with Crippen LogP contribution in [0.4, 0.5) is 5.69 Å². The Balaban J connectivity index is 2.49. The van der Waals surface area contributed by atoms with E-state index in [2.05, 4.69) is 4.74 Å². The Kier molecular flexibility index (Phi) is 4.79. The summed E-state index contributed by atoms with van der Waals surface area (Å²) in [7, 11) is 0. The van der Waals surface area contributed by atoms with Crippen LogP contribution in [0.3, 0.4) is 0 Å². The molecule has 96 valence electrons. The first-order valence-electron chi connectivity index (χ1n) is 5.13. The molecule has 7 nitrogen and oxygen atoms in total. The van der Waals surface area contributed by atoms with E-state index in [1.807, 2.05) is 0 Å². The van der Waals surface area contributed by atoms with Gasteiger partial charge in [0.05, 0.1) is 4.92 Å². The van der Waals surface area contributed by atoms with Gasteiger partial charge < -0.3 is 9.47 Å². The van der Waals surface area contributed by atoms with Crippen molar-refractivity contribution < 1.29 is 24.0 Å². The smallest absolute Gasteiger partial charge is 0.349 e. The Morgan fingerprint density at radius 1 is 1.22 bits per heavy atom. The zero-order chi connectivity index (χ0) is 13.5. The zero-order valence-electron chi connectivity index (χ0n) is 9.62. The number of ether oxygens (including phenoxy) is 2. The van der Waals surface area contributed by atoms with Gasteiger partial charge in [-0.25, -0.2) is 4.79 Å². The summed E-state index contributed by atoms with van der Waals surface area (Å²) in [4.78, 5) is 31.8. The summed E-state index contributed by atoms with van der Waals surface area (Å²) in [5, 5.41) is 10.4. The molecule has 0 aliphatic heterocycles. The van der Waals surface area contributed by atoms with E-state index in [1.54, 1.807) is 6.92 Å². The number of nitro groups is 1. The molecule has 18 heavy (non-hydrogen) atoms. The average Bonchev–Trinajstić information content (AvgIpc) is 2.36. The van der Waals surface area contributed by atoms with Crippen LogP contribution in [0.15, 0.2) is 24.3 Å². The minimum Gasteiger partial charge on any atom is -0.454 e. The van der Waals surface area contributed by atoms with Crippen LogP contribution in [0.2, 0.25) is 0 Å². The van der Waals surface area contributed by atoms with Crippen molar-refractivity contribution in [2.24, 2.45) is 0 Å². The summed E-state index contributed by atoms with van der Waals surface area (Å²) in [6.45, 7) is 1.12. The molecule has 0 saturated carbocycles. The number of non-ortho nitro benzene ring substituents is 1. The second-order valence-electron chi connectivity index (χ2n) is 3.24. The number of hydrogen-bond donors (Lipinski definition) is 0. The second-order valence-corrected chi connectivity index (χ2v) is 3.24. The lowest BCUT2D eigenvalue weighted by Gasteiger charge is -2.04. The Hall–Kier alpha value is -2.44. The molecule has 1 aromatic carbocycles. The number of benzene rings is 1. The molecule has 0 fully saturated rings. The van der Waals surface area contributed by atoms with E-state index in [4.69, 9.17) is 4.74 Å². The maximum Gasteiger partial charge on any atom is 0.349 e. The van der Waals surface area contributed by atoms with Crippen LogP contribution in [0.1, 0.15) is 13.3 Å². The third kappa shape index (κ3) is 4.20. The van der Waals surface area contributed by atoms with E-state index in [0.29, 0.717) is 0 Å². The van der Waals surface area contributed by atoms with Crippen LogP contribution < -0.4 is 4.74 Å². The van der Waals surface area contributed by atoms with E-state index >= 15 is 0 Å². The maximum absolute atomic E-state index is 11.2. The minimum atomic E-state index is -0.745. The highest BCUT2D eigenvalue weighted by Gasteiger charge is 2.10. The second kappa shape index (κ2) is 6.33. The molecule has 7 heteroatoms. The number of hydrogen-bond acceptors (Lipinski definition) is 6. The molecular formula is C11H11NO6. The molecule has 0 saturated heterocycles. The predicted molar refractivity (Wildman–Crippen MR) is 60.0 cm³/mol. The number of esters is 2. The van der Waals surface area contributed by atoms with Crippen molar-refractivity contribution in [1.82, 2.24) is 0 Å². The Morgan fingerprint density at radius 2 is 1.83 bits per heavy atom. The van der Waals surface area contributed by atoms with Gasteiger partial charge in [0.25, 0.3) is 5.69 Å². The lowest BCUT2D eigenvalue weighted by molar-refractivity contribution is -0.384. The zero-order valence-corrected chi connectivity index (χ0v) is 9.62. The van der Waals surface area contributed by atoms with E-state index in [1.165, 1.54) is 24.3 Å². The monoisotopic (exact) mass is 253 g/mol. The molecule has 1 rings (SSSR count). The predicted octanol–water partition coefficient (Wildman–Crippen LogP) is 1.45. The molecule has 0 unspecified atom stereocenters. The third-order valence-electron chi connectivity index (χ3n) is 1.92. The van der Waals surface area contributed by atoms with Crippen LogP contribution in [-0.4, -0.2) is 23.5 Å². The van der Waals surface area contributed by atoms with Gasteiger partial charge >= 0.3 is 11.9 Å². The van der Waals surface area contributed by atoms with Gasteiger partial charge in [0, 0.05) is 18.6 Å². The summed E-state index contributed by atoms with van der Waals surface area (Å²) in [6.07, 6.45) is 0.171. The van der Waals surface area contributed by atoms with Crippen LogP contribution in [0, 0.1) is 10.1 Å². The first-order valence-corrected chi connectivity index (χ1v) is 5.13. The summed E-state index contributed by atoms with van der Waals surface area (Å²) in [5.41, 5.74) is -0.104. The van der Waals surface area contributed by atoms with E-state index < -0.39 is 23.5 Å². The third-order valence-corrected chi connectivity index (χ3v) is 1.92. The fourth-order valence-electron chi connectivity index (χ4n) is 1.04. The average molecular weight is 253 g/mol. The SMILES string of the molecule is CCC(=O)OCC(=O)Oc1ccc([N+](=O)[O-])cc1. The summed E-state index contributed by atoms with van der Waals surface area (Å²) in [6, 6.07) is 5.00. The van der Waals surface area contributed by atoms with Crippen molar-refractivity contribution >= 4 is 17.6 Å². The van der Waals surface area contributed by atoms with Crippen molar-refractivity contribution in [2.45, 2.75) is 13.3 Å². The molecular weight excluding hydrogens is 242 g/mol. The largest absolute Gasteiger partial charge is 0.454 e. The number of carbonyl (C=O) groups excluding carboxylic acids is 2.